The molecule has 0 spiro atoms. The molecule has 5 rings (SSSR count). The molecule has 4 aliphatic rings. The zero-order valence-electron chi connectivity index (χ0n) is 15.7. The minimum Gasteiger partial charge on any atom is -0.363 e. The SMILES string of the molecule is O=CC(=O)C1c2c(N3C4CNCC3C4)ccc(F)c2CN1C1CCC(=O)NC1=O. The number of amides is 2. The summed E-state index contributed by atoms with van der Waals surface area (Å²) in [4.78, 5) is 51.9. The number of rotatable bonds is 4. The number of nitrogens with zero attached hydrogens (tertiary/aromatic N) is 2. The van der Waals surface area contributed by atoms with Crippen LogP contribution in [0, 0.1) is 5.82 Å². The van der Waals surface area contributed by atoms with Gasteiger partial charge in [-0.05, 0) is 25.0 Å². The molecule has 2 amide bonds. The second kappa shape index (κ2) is 6.70. The number of Topliss-reactive ketones (excluding diaryl/α,β-unsaturated/α-hetero) is 1. The van der Waals surface area contributed by atoms with Crippen molar-refractivity contribution in [1.29, 1.82) is 0 Å². The van der Waals surface area contributed by atoms with Crippen LogP contribution in [0.5, 0.6) is 0 Å². The monoisotopic (exact) mass is 400 g/mol. The molecular formula is C20H21FN4O4. The average Bonchev–Trinajstić information content (AvgIpc) is 3.11. The Morgan fingerprint density at radius 2 is 1.97 bits per heavy atom. The second-order valence-corrected chi connectivity index (χ2v) is 8.13. The number of benzene rings is 1. The first-order valence-corrected chi connectivity index (χ1v) is 9.88. The summed E-state index contributed by atoms with van der Waals surface area (Å²) in [5, 5.41) is 5.63. The highest BCUT2D eigenvalue weighted by Crippen LogP contribution is 2.47. The molecule has 0 aliphatic carbocycles. The number of hydrogen-bond donors (Lipinski definition) is 2. The lowest BCUT2D eigenvalue weighted by atomic mass is 9.85. The Hall–Kier alpha value is -2.65. The van der Waals surface area contributed by atoms with Gasteiger partial charge in [0.2, 0.25) is 17.6 Å². The molecule has 0 aromatic heterocycles. The van der Waals surface area contributed by atoms with Crippen molar-refractivity contribution in [2.24, 2.45) is 0 Å². The van der Waals surface area contributed by atoms with E-state index in [0.717, 1.165) is 25.2 Å². The Morgan fingerprint density at radius 3 is 2.62 bits per heavy atom. The van der Waals surface area contributed by atoms with Gasteiger partial charge < -0.3 is 10.2 Å². The van der Waals surface area contributed by atoms with E-state index >= 15 is 0 Å². The number of imide groups is 1. The fourth-order valence-electron chi connectivity index (χ4n) is 5.29. The van der Waals surface area contributed by atoms with E-state index in [0.29, 0.717) is 11.1 Å². The van der Waals surface area contributed by atoms with Gasteiger partial charge in [-0.1, -0.05) is 0 Å². The number of piperidine rings is 2. The molecule has 0 radical (unpaired) electrons. The third-order valence-electron chi connectivity index (χ3n) is 6.59. The first-order valence-electron chi connectivity index (χ1n) is 9.88. The first-order chi connectivity index (χ1) is 14.0. The molecule has 3 saturated heterocycles. The number of nitrogens with one attached hydrogen (secondary N) is 2. The predicted octanol–water partition coefficient (Wildman–Crippen LogP) is -0.194. The average molecular weight is 400 g/mol. The highest BCUT2D eigenvalue weighted by atomic mass is 19.1. The van der Waals surface area contributed by atoms with Crippen molar-refractivity contribution >= 4 is 29.6 Å². The molecule has 4 unspecified atom stereocenters. The van der Waals surface area contributed by atoms with Gasteiger partial charge in [-0.25, -0.2) is 4.39 Å². The van der Waals surface area contributed by atoms with Crippen molar-refractivity contribution in [2.45, 2.75) is 50.0 Å². The molecule has 1 aromatic rings. The molecule has 1 aromatic carbocycles. The molecule has 152 valence electrons. The number of carbonyl (C=O) groups excluding carboxylic acids is 4. The van der Waals surface area contributed by atoms with E-state index in [4.69, 9.17) is 0 Å². The van der Waals surface area contributed by atoms with Crippen molar-refractivity contribution in [3.63, 3.8) is 0 Å². The third kappa shape index (κ3) is 2.71. The fourth-order valence-corrected chi connectivity index (χ4v) is 5.29. The Labute approximate surface area is 166 Å². The van der Waals surface area contributed by atoms with Crippen molar-refractivity contribution < 1.29 is 23.6 Å². The lowest BCUT2D eigenvalue weighted by Gasteiger charge is -2.55. The van der Waals surface area contributed by atoms with Crippen LogP contribution in [0.15, 0.2) is 12.1 Å². The van der Waals surface area contributed by atoms with Crippen molar-refractivity contribution in [3.05, 3.63) is 29.1 Å². The molecular weight excluding hydrogens is 379 g/mol. The lowest BCUT2D eigenvalue weighted by molar-refractivity contribution is -0.141. The number of piperazine rings is 1. The topological polar surface area (TPSA) is 98.8 Å². The Bertz CT molecular complexity index is 921. The number of ketones is 1. The maximum absolute atomic E-state index is 14.8. The van der Waals surface area contributed by atoms with Crippen LogP contribution in [-0.4, -0.2) is 60.0 Å². The highest BCUT2D eigenvalue weighted by molar-refractivity contribution is 6.28. The molecule has 4 aliphatic heterocycles. The van der Waals surface area contributed by atoms with Crippen molar-refractivity contribution in [1.82, 2.24) is 15.5 Å². The number of carbonyl (C=O) groups is 4. The van der Waals surface area contributed by atoms with E-state index in [1.54, 1.807) is 11.0 Å². The van der Waals surface area contributed by atoms with Crippen LogP contribution in [0.4, 0.5) is 10.1 Å². The van der Waals surface area contributed by atoms with Crippen molar-refractivity contribution in [3.8, 4) is 0 Å². The van der Waals surface area contributed by atoms with Gasteiger partial charge in [0.05, 0.1) is 6.04 Å². The second-order valence-electron chi connectivity index (χ2n) is 8.13. The van der Waals surface area contributed by atoms with Gasteiger partial charge in [-0.2, -0.15) is 0 Å². The van der Waals surface area contributed by atoms with E-state index < -0.39 is 29.6 Å². The van der Waals surface area contributed by atoms with Gasteiger partial charge in [0, 0.05) is 55.0 Å². The van der Waals surface area contributed by atoms with Crippen LogP contribution in [-0.2, 0) is 25.7 Å². The van der Waals surface area contributed by atoms with Gasteiger partial charge in [0.15, 0.2) is 6.29 Å². The number of aldehydes is 1. The van der Waals surface area contributed by atoms with Crippen LogP contribution in [0.3, 0.4) is 0 Å². The van der Waals surface area contributed by atoms with E-state index in [9.17, 15) is 23.6 Å². The van der Waals surface area contributed by atoms with Crippen molar-refractivity contribution in [2.75, 3.05) is 18.0 Å². The summed E-state index contributed by atoms with van der Waals surface area (Å²) >= 11 is 0. The summed E-state index contributed by atoms with van der Waals surface area (Å²) in [5.41, 5.74) is 1.60. The van der Waals surface area contributed by atoms with E-state index in [-0.39, 0.29) is 43.7 Å². The van der Waals surface area contributed by atoms with Gasteiger partial charge in [0.1, 0.15) is 11.9 Å². The molecule has 2 bridgehead atoms. The molecule has 0 saturated carbocycles. The smallest absolute Gasteiger partial charge is 0.243 e. The molecule has 2 N–H and O–H groups in total. The summed E-state index contributed by atoms with van der Waals surface area (Å²) in [6.45, 7) is 1.67. The van der Waals surface area contributed by atoms with Gasteiger partial charge >= 0.3 is 0 Å². The van der Waals surface area contributed by atoms with Crippen LogP contribution >= 0.6 is 0 Å². The summed E-state index contributed by atoms with van der Waals surface area (Å²) in [7, 11) is 0. The lowest BCUT2D eigenvalue weighted by Crippen LogP contribution is -2.68. The van der Waals surface area contributed by atoms with Crippen LogP contribution in [0.25, 0.3) is 0 Å². The molecule has 8 nitrogen and oxygen atoms in total. The quantitative estimate of drug-likeness (QED) is 0.411. The normalized spacial score (nSPS) is 31.1. The first kappa shape index (κ1) is 18.4. The predicted molar refractivity (Wildman–Crippen MR) is 99.5 cm³/mol. The van der Waals surface area contributed by atoms with Crippen LogP contribution in [0.2, 0.25) is 0 Å². The minimum absolute atomic E-state index is 0.0486. The molecule has 4 heterocycles. The van der Waals surface area contributed by atoms with Crippen LogP contribution < -0.4 is 15.5 Å². The highest BCUT2D eigenvalue weighted by Gasteiger charge is 2.49. The number of halogens is 1. The Balaban J connectivity index is 1.58. The number of fused-ring (bicyclic) bond motifs is 3. The van der Waals surface area contributed by atoms with Crippen LogP contribution in [0.1, 0.15) is 36.4 Å². The molecule has 9 heteroatoms. The maximum Gasteiger partial charge on any atom is 0.243 e. The standard InChI is InChI=1S/C20H21FN4O4/c21-13-1-2-14(25-10-5-11(25)7-22-6-10)18-12(13)8-24(19(18)16(27)9-26)15-3-4-17(28)23-20(15)29/h1-2,9-11,15,19,22H,3-8H2,(H,23,28,29). The zero-order chi connectivity index (χ0) is 20.3. The Morgan fingerprint density at radius 1 is 1.21 bits per heavy atom. The zero-order valence-corrected chi connectivity index (χ0v) is 15.7. The largest absolute Gasteiger partial charge is 0.363 e. The number of anilines is 1. The minimum atomic E-state index is -1.02. The van der Waals surface area contributed by atoms with Gasteiger partial charge in [-0.3, -0.25) is 29.4 Å². The Kier molecular flexibility index (Phi) is 4.25. The maximum atomic E-state index is 14.8. The molecule has 4 atom stereocenters. The van der Waals surface area contributed by atoms with E-state index in [1.165, 1.54) is 6.07 Å². The summed E-state index contributed by atoms with van der Waals surface area (Å²) < 4.78 is 14.8. The molecule has 29 heavy (non-hydrogen) atoms. The fraction of sp³-hybridized carbons (Fsp3) is 0.500. The van der Waals surface area contributed by atoms with E-state index in [2.05, 4.69) is 15.5 Å². The molecule has 3 fully saturated rings. The summed E-state index contributed by atoms with van der Waals surface area (Å²) in [6.07, 6.45) is 1.65. The van der Waals surface area contributed by atoms with Gasteiger partial charge in [0.25, 0.3) is 0 Å². The number of hydrogen-bond acceptors (Lipinski definition) is 7. The summed E-state index contributed by atoms with van der Waals surface area (Å²) in [6, 6.07) is 1.81. The van der Waals surface area contributed by atoms with E-state index in [1.807, 2.05) is 0 Å². The van der Waals surface area contributed by atoms with Gasteiger partial charge in [-0.15, -0.1) is 0 Å². The third-order valence-corrected chi connectivity index (χ3v) is 6.59. The summed E-state index contributed by atoms with van der Waals surface area (Å²) in [5.74, 6) is -2.03.